The van der Waals surface area contributed by atoms with Gasteiger partial charge in [-0.15, -0.1) is 10.2 Å². The SMILES string of the molecule is CSC1(CNCc2nnc3n2CCCC3)CCCCC1. The Morgan fingerprint density at radius 2 is 2.00 bits per heavy atom. The highest BCUT2D eigenvalue weighted by atomic mass is 32.2. The number of nitrogens with one attached hydrogen (secondary N) is 1. The Hall–Kier alpha value is -0.550. The van der Waals surface area contributed by atoms with Gasteiger partial charge in [0, 0.05) is 24.3 Å². The summed E-state index contributed by atoms with van der Waals surface area (Å²) in [4.78, 5) is 0. The summed E-state index contributed by atoms with van der Waals surface area (Å²) in [6, 6.07) is 0. The predicted octanol–water partition coefficient (Wildman–Crippen LogP) is 2.77. The summed E-state index contributed by atoms with van der Waals surface area (Å²) in [6.07, 6.45) is 12.8. The maximum Gasteiger partial charge on any atom is 0.147 e. The molecule has 2 heterocycles. The molecule has 0 saturated heterocycles. The zero-order chi connectivity index (χ0) is 13.8. The Kier molecular flexibility index (Phi) is 4.66. The lowest BCUT2D eigenvalue weighted by Crippen LogP contribution is -2.39. The molecule has 1 aliphatic heterocycles. The van der Waals surface area contributed by atoms with Crippen LogP contribution in [0.25, 0.3) is 0 Å². The van der Waals surface area contributed by atoms with Gasteiger partial charge in [-0.1, -0.05) is 19.3 Å². The van der Waals surface area contributed by atoms with E-state index in [2.05, 4.69) is 38.1 Å². The lowest BCUT2D eigenvalue weighted by molar-refractivity contribution is 0.376. The summed E-state index contributed by atoms with van der Waals surface area (Å²) < 4.78 is 2.78. The summed E-state index contributed by atoms with van der Waals surface area (Å²) in [6.45, 7) is 3.08. The number of thioether (sulfide) groups is 1. The molecule has 0 amide bonds. The zero-order valence-corrected chi connectivity index (χ0v) is 13.3. The highest BCUT2D eigenvalue weighted by molar-refractivity contribution is 8.00. The smallest absolute Gasteiger partial charge is 0.147 e. The number of hydrogen-bond donors (Lipinski definition) is 1. The third kappa shape index (κ3) is 3.03. The van der Waals surface area contributed by atoms with Crippen LogP contribution >= 0.6 is 11.8 Å². The molecule has 0 bridgehead atoms. The van der Waals surface area contributed by atoms with E-state index in [1.807, 2.05) is 0 Å². The molecule has 5 heteroatoms. The molecule has 3 rings (SSSR count). The van der Waals surface area contributed by atoms with Gasteiger partial charge in [0.25, 0.3) is 0 Å². The molecule has 20 heavy (non-hydrogen) atoms. The first kappa shape index (κ1) is 14.4. The van der Waals surface area contributed by atoms with E-state index in [9.17, 15) is 0 Å². The molecule has 0 spiro atoms. The maximum absolute atomic E-state index is 4.37. The first-order chi connectivity index (χ1) is 9.83. The van der Waals surface area contributed by atoms with Crippen molar-refractivity contribution in [3.63, 3.8) is 0 Å². The van der Waals surface area contributed by atoms with E-state index in [-0.39, 0.29) is 0 Å². The van der Waals surface area contributed by atoms with E-state index >= 15 is 0 Å². The molecule has 112 valence electrons. The lowest BCUT2D eigenvalue weighted by Gasteiger charge is -2.36. The van der Waals surface area contributed by atoms with Crippen LogP contribution in [-0.2, 0) is 19.5 Å². The van der Waals surface area contributed by atoms with Crippen LogP contribution in [0.4, 0.5) is 0 Å². The normalized spacial score (nSPS) is 21.6. The van der Waals surface area contributed by atoms with Crippen molar-refractivity contribution in [2.75, 3.05) is 12.8 Å². The molecule has 1 aromatic rings. The van der Waals surface area contributed by atoms with Gasteiger partial charge in [-0.25, -0.2) is 0 Å². The van der Waals surface area contributed by atoms with Gasteiger partial charge in [-0.05, 0) is 31.9 Å². The van der Waals surface area contributed by atoms with Gasteiger partial charge in [0.15, 0.2) is 0 Å². The second-order valence-corrected chi connectivity index (χ2v) is 7.47. The van der Waals surface area contributed by atoms with Crippen LogP contribution in [0.1, 0.15) is 56.6 Å². The Labute approximate surface area is 126 Å². The molecular weight excluding hydrogens is 268 g/mol. The Morgan fingerprint density at radius 3 is 2.80 bits per heavy atom. The van der Waals surface area contributed by atoms with Crippen molar-refractivity contribution in [2.24, 2.45) is 0 Å². The van der Waals surface area contributed by atoms with Crippen molar-refractivity contribution in [2.45, 2.75) is 69.2 Å². The van der Waals surface area contributed by atoms with E-state index < -0.39 is 0 Å². The molecule has 0 radical (unpaired) electrons. The van der Waals surface area contributed by atoms with Crippen LogP contribution in [0.15, 0.2) is 0 Å². The summed E-state index contributed by atoms with van der Waals surface area (Å²) in [5, 5.41) is 12.4. The quantitative estimate of drug-likeness (QED) is 0.907. The standard InChI is InChI=1S/C15H26N4S/c1-20-15(8-4-2-5-9-15)12-16-11-14-18-17-13-7-3-6-10-19(13)14/h16H,2-12H2,1H3. The van der Waals surface area contributed by atoms with Gasteiger partial charge >= 0.3 is 0 Å². The second kappa shape index (κ2) is 6.48. The van der Waals surface area contributed by atoms with E-state index in [1.165, 1.54) is 50.8 Å². The van der Waals surface area contributed by atoms with E-state index in [0.29, 0.717) is 4.75 Å². The fourth-order valence-electron chi connectivity index (χ4n) is 3.55. The number of aryl methyl sites for hydroxylation is 1. The van der Waals surface area contributed by atoms with Crippen molar-refractivity contribution in [1.82, 2.24) is 20.1 Å². The van der Waals surface area contributed by atoms with Gasteiger partial charge in [-0.2, -0.15) is 11.8 Å². The number of fused-ring (bicyclic) bond motifs is 1. The molecule has 0 aromatic carbocycles. The third-order valence-corrected chi connectivity index (χ3v) is 6.28. The maximum atomic E-state index is 4.37. The van der Waals surface area contributed by atoms with Crippen molar-refractivity contribution in [3.05, 3.63) is 11.6 Å². The Morgan fingerprint density at radius 1 is 1.15 bits per heavy atom. The van der Waals surface area contributed by atoms with E-state index in [0.717, 1.165) is 31.9 Å². The van der Waals surface area contributed by atoms with Gasteiger partial charge < -0.3 is 9.88 Å². The predicted molar refractivity (Wildman–Crippen MR) is 84.0 cm³/mol. The van der Waals surface area contributed by atoms with Crippen LogP contribution in [0, 0.1) is 0 Å². The first-order valence-corrected chi connectivity index (χ1v) is 9.22. The van der Waals surface area contributed by atoms with Crippen molar-refractivity contribution < 1.29 is 0 Å². The van der Waals surface area contributed by atoms with Crippen LogP contribution in [0.3, 0.4) is 0 Å². The van der Waals surface area contributed by atoms with Gasteiger partial charge in [0.05, 0.1) is 6.54 Å². The number of hydrogen-bond acceptors (Lipinski definition) is 4. The molecule has 1 aliphatic carbocycles. The second-order valence-electron chi connectivity index (χ2n) is 6.19. The molecule has 1 N–H and O–H groups in total. The molecular formula is C15H26N4S. The van der Waals surface area contributed by atoms with Gasteiger partial charge in [-0.3, -0.25) is 0 Å². The molecule has 1 saturated carbocycles. The van der Waals surface area contributed by atoms with Crippen LogP contribution in [0.5, 0.6) is 0 Å². The molecule has 1 aromatic heterocycles. The van der Waals surface area contributed by atoms with Crippen molar-refractivity contribution in [1.29, 1.82) is 0 Å². The Bertz CT molecular complexity index is 437. The highest BCUT2D eigenvalue weighted by Gasteiger charge is 2.30. The van der Waals surface area contributed by atoms with Crippen LogP contribution < -0.4 is 5.32 Å². The minimum Gasteiger partial charge on any atom is -0.314 e. The number of aromatic nitrogens is 3. The van der Waals surface area contributed by atoms with Gasteiger partial charge in [0.1, 0.15) is 11.6 Å². The summed E-state index contributed by atoms with van der Waals surface area (Å²) in [5.74, 6) is 2.32. The zero-order valence-electron chi connectivity index (χ0n) is 12.5. The molecule has 0 atom stereocenters. The minimum absolute atomic E-state index is 0.461. The molecule has 0 unspecified atom stereocenters. The molecule has 2 aliphatic rings. The van der Waals surface area contributed by atoms with E-state index in [4.69, 9.17) is 0 Å². The highest BCUT2D eigenvalue weighted by Crippen LogP contribution is 2.37. The number of rotatable bonds is 5. The molecule has 4 nitrogen and oxygen atoms in total. The van der Waals surface area contributed by atoms with Gasteiger partial charge in [0.2, 0.25) is 0 Å². The van der Waals surface area contributed by atoms with E-state index in [1.54, 1.807) is 0 Å². The summed E-state index contributed by atoms with van der Waals surface area (Å²) in [5.41, 5.74) is 0. The fourth-order valence-corrected chi connectivity index (χ4v) is 4.49. The number of nitrogens with zero attached hydrogens (tertiary/aromatic N) is 3. The van der Waals surface area contributed by atoms with Crippen LogP contribution in [0.2, 0.25) is 0 Å². The average Bonchev–Trinajstić information content (AvgIpc) is 2.92. The fraction of sp³-hybridized carbons (Fsp3) is 0.867. The summed E-state index contributed by atoms with van der Waals surface area (Å²) in [7, 11) is 0. The largest absolute Gasteiger partial charge is 0.314 e. The average molecular weight is 294 g/mol. The monoisotopic (exact) mass is 294 g/mol. The topological polar surface area (TPSA) is 42.7 Å². The van der Waals surface area contributed by atoms with Crippen LogP contribution in [-0.4, -0.2) is 32.3 Å². The third-order valence-electron chi connectivity index (χ3n) is 4.86. The first-order valence-electron chi connectivity index (χ1n) is 8.00. The van der Waals surface area contributed by atoms with Crippen molar-refractivity contribution in [3.8, 4) is 0 Å². The summed E-state index contributed by atoms with van der Waals surface area (Å²) >= 11 is 2.05. The van der Waals surface area contributed by atoms with Crippen molar-refractivity contribution >= 4 is 11.8 Å². The lowest BCUT2D eigenvalue weighted by atomic mass is 9.88. The minimum atomic E-state index is 0.461. The molecule has 1 fully saturated rings. The Balaban J connectivity index is 1.55.